The Morgan fingerprint density at radius 2 is 2.07 bits per heavy atom. The minimum absolute atomic E-state index is 0.130. The SMILES string of the molecule is Cc1cc(C(=O)c2c[nH]c3nc(Nc4cccc(S(=O)O)c4)ccc23)n(C)n1. The van der Waals surface area contributed by atoms with Crippen molar-refractivity contribution >= 4 is 39.4 Å². The molecule has 4 aromatic rings. The lowest BCUT2D eigenvalue weighted by molar-refractivity contribution is 0.103. The number of anilines is 2. The third kappa shape index (κ3) is 3.32. The van der Waals surface area contributed by atoms with Crippen molar-refractivity contribution in [2.24, 2.45) is 7.05 Å². The Kier molecular flexibility index (Phi) is 4.54. The number of ketones is 1. The summed E-state index contributed by atoms with van der Waals surface area (Å²) in [5.74, 6) is 0.417. The van der Waals surface area contributed by atoms with Crippen molar-refractivity contribution in [1.29, 1.82) is 0 Å². The van der Waals surface area contributed by atoms with E-state index in [4.69, 9.17) is 0 Å². The Bertz CT molecular complexity index is 1230. The Balaban J connectivity index is 1.65. The average Bonchev–Trinajstić information content (AvgIpc) is 3.23. The van der Waals surface area contributed by atoms with Crippen LogP contribution in [0.3, 0.4) is 0 Å². The molecular weight excluding hydrogens is 378 g/mol. The van der Waals surface area contributed by atoms with Gasteiger partial charge in [0, 0.05) is 24.3 Å². The van der Waals surface area contributed by atoms with Gasteiger partial charge in [-0.3, -0.25) is 9.48 Å². The summed E-state index contributed by atoms with van der Waals surface area (Å²) in [6.07, 6.45) is 1.64. The zero-order valence-corrected chi connectivity index (χ0v) is 15.9. The van der Waals surface area contributed by atoms with Gasteiger partial charge in [0.15, 0.2) is 11.1 Å². The number of hydrogen-bond donors (Lipinski definition) is 3. The largest absolute Gasteiger partial charge is 0.345 e. The van der Waals surface area contributed by atoms with Gasteiger partial charge in [-0.1, -0.05) is 6.07 Å². The zero-order valence-electron chi connectivity index (χ0n) is 15.1. The predicted molar refractivity (Wildman–Crippen MR) is 106 cm³/mol. The summed E-state index contributed by atoms with van der Waals surface area (Å²) in [4.78, 5) is 20.7. The Morgan fingerprint density at radius 3 is 2.79 bits per heavy atom. The lowest BCUT2D eigenvalue weighted by Gasteiger charge is -2.07. The number of aromatic amines is 1. The second kappa shape index (κ2) is 7.02. The molecule has 28 heavy (non-hydrogen) atoms. The van der Waals surface area contributed by atoms with Gasteiger partial charge in [0.1, 0.15) is 17.2 Å². The summed E-state index contributed by atoms with van der Waals surface area (Å²) < 4.78 is 22.0. The summed E-state index contributed by atoms with van der Waals surface area (Å²) in [5.41, 5.74) is 3.01. The molecule has 3 heterocycles. The fraction of sp³-hybridized carbons (Fsp3) is 0.105. The number of H-pyrrole nitrogens is 1. The highest BCUT2D eigenvalue weighted by Gasteiger charge is 2.18. The third-order valence-electron chi connectivity index (χ3n) is 4.33. The first kappa shape index (κ1) is 18.1. The van der Waals surface area contributed by atoms with Gasteiger partial charge in [-0.05, 0) is 43.3 Å². The molecule has 0 spiro atoms. The molecule has 0 aliphatic rings. The van der Waals surface area contributed by atoms with Crippen LogP contribution in [0.5, 0.6) is 0 Å². The first-order chi connectivity index (χ1) is 13.4. The highest BCUT2D eigenvalue weighted by atomic mass is 32.2. The molecule has 9 heteroatoms. The fourth-order valence-corrected chi connectivity index (χ4v) is 3.48. The maximum Gasteiger partial charge on any atom is 0.213 e. The van der Waals surface area contributed by atoms with Gasteiger partial charge in [0.05, 0.1) is 16.2 Å². The number of pyridine rings is 1. The first-order valence-electron chi connectivity index (χ1n) is 8.44. The molecule has 1 aromatic carbocycles. The summed E-state index contributed by atoms with van der Waals surface area (Å²) in [6, 6.07) is 11.9. The monoisotopic (exact) mass is 395 g/mol. The van der Waals surface area contributed by atoms with Crippen molar-refractivity contribution in [2.75, 3.05) is 5.32 Å². The average molecular weight is 395 g/mol. The van der Waals surface area contributed by atoms with Crippen LogP contribution in [0.4, 0.5) is 11.5 Å². The van der Waals surface area contributed by atoms with E-state index in [1.807, 2.05) is 13.0 Å². The van der Waals surface area contributed by atoms with Crippen molar-refractivity contribution in [3.05, 3.63) is 65.6 Å². The number of fused-ring (bicyclic) bond motifs is 1. The van der Waals surface area contributed by atoms with Crippen LogP contribution in [0, 0.1) is 6.92 Å². The summed E-state index contributed by atoms with van der Waals surface area (Å²) in [5, 5.41) is 8.03. The maximum atomic E-state index is 12.9. The highest BCUT2D eigenvalue weighted by molar-refractivity contribution is 7.79. The van der Waals surface area contributed by atoms with Crippen LogP contribution >= 0.6 is 0 Å². The fourth-order valence-electron chi connectivity index (χ4n) is 3.05. The van der Waals surface area contributed by atoms with Gasteiger partial charge < -0.3 is 14.9 Å². The van der Waals surface area contributed by atoms with Crippen molar-refractivity contribution < 1.29 is 13.6 Å². The molecule has 142 valence electrons. The van der Waals surface area contributed by atoms with Crippen LogP contribution in [0.25, 0.3) is 11.0 Å². The molecule has 3 N–H and O–H groups in total. The van der Waals surface area contributed by atoms with E-state index in [0.717, 1.165) is 5.69 Å². The molecule has 3 aromatic heterocycles. The van der Waals surface area contributed by atoms with Gasteiger partial charge in [0.25, 0.3) is 0 Å². The number of aryl methyl sites for hydroxylation is 2. The standard InChI is InChI=1S/C19H17N5O3S/c1-11-8-16(24(2)23-11)18(25)15-10-20-19-14(15)6-7-17(22-19)21-12-4-3-5-13(9-12)28(26)27/h3-10H,1-2H3,(H,26,27)(H2,20,21,22). The van der Waals surface area contributed by atoms with Crippen LogP contribution in [0.15, 0.2) is 53.6 Å². The van der Waals surface area contributed by atoms with E-state index in [0.29, 0.717) is 38.7 Å². The second-order valence-electron chi connectivity index (χ2n) is 6.32. The van der Waals surface area contributed by atoms with Crippen LogP contribution in [-0.4, -0.2) is 34.3 Å². The number of nitrogens with one attached hydrogen (secondary N) is 2. The normalized spacial score (nSPS) is 12.2. The van der Waals surface area contributed by atoms with Crippen molar-refractivity contribution in [2.45, 2.75) is 11.8 Å². The number of carbonyl (C=O) groups excluding carboxylic acids is 1. The number of rotatable bonds is 5. The molecule has 0 bridgehead atoms. The molecule has 1 atom stereocenters. The van der Waals surface area contributed by atoms with Gasteiger partial charge in [-0.15, -0.1) is 0 Å². The third-order valence-corrected chi connectivity index (χ3v) is 4.98. The molecule has 1 unspecified atom stereocenters. The van der Waals surface area contributed by atoms with Crippen molar-refractivity contribution in [3.63, 3.8) is 0 Å². The molecule has 0 fully saturated rings. The Hall–Kier alpha value is -3.30. The highest BCUT2D eigenvalue weighted by Crippen LogP contribution is 2.24. The lowest BCUT2D eigenvalue weighted by atomic mass is 10.1. The van der Waals surface area contributed by atoms with Crippen LogP contribution in [0.1, 0.15) is 21.7 Å². The molecule has 0 aliphatic carbocycles. The van der Waals surface area contributed by atoms with E-state index >= 15 is 0 Å². The zero-order chi connectivity index (χ0) is 19.8. The Morgan fingerprint density at radius 1 is 1.25 bits per heavy atom. The van der Waals surface area contributed by atoms with Gasteiger partial charge in [-0.2, -0.15) is 5.10 Å². The van der Waals surface area contributed by atoms with E-state index in [9.17, 15) is 13.6 Å². The number of aromatic nitrogens is 4. The quantitative estimate of drug-likeness (QED) is 0.353. The molecule has 4 rings (SSSR count). The first-order valence-corrected chi connectivity index (χ1v) is 9.54. The molecule has 0 saturated heterocycles. The smallest absolute Gasteiger partial charge is 0.213 e. The van der Waals surface area contributed by atoms with Crippen molar-refractivity contribution in [1.82, 2.24) is 19.7 Å². The van der Waals surface area contributed by atoms with Crippen LogP contribution in [-0.2, 0) is 18.1 Å². The molecule has 0 saturated carbocycles. The topological polar surface area (TPSA) is 113 Å². The number of carbonyl (C=O) groups is 1. The molecule has 0 amide bonds. The summed E-state index contributed by atoms with van der Waals surface area (Å²) in [7, 11) is 1.74. The van der Waals surface area contributed by atoms with E-state index in [-0.39, 0.29) is 5.78 Å². The molecule has 0 radical (unpaired) electrons. The van der Waals surface area contributed by atoms with E-state index in [1.165, 1.54) is 0 Å². The second-order valence-corrected chi connectivity index (χ2v) is 7.29. The van der Waals surface area contributed by atoms with Gasteiger partial charge >= 0.3 is 0 Å². The predicted octanol–water partition coefficient (Wildman–Crippen LogP) is 3.16. The maximum absolute atomic E-state index is 12.9. The summed E-state index contributed by atoms with van der Waals surface area (Å²) in [6.45, 7) is 1.84. The minimum Gasteiger partial charge on any atom is -0.345 e. The van der Waals surface area contributed by atoms with Gasteiger partial charge in [0.2, 0.25) is 5.78 Å². The molecule has 8 nitrogen and oxygen atoms in total. The van der Waals surface area contributed by atoms with Crippen LogP contribution in [0.2, 0.25) is 0 Å². The summed E-state index contributed by atoms with van der Waals surface area (Å²) >= 11 is -2.05. The molecular formula is C19H17N5O3S. The van der Waals surface area contributed by atoms with Gasteiger partial charge in [-0.25, -0.2) is 9.19 Å². The minimum atomic E-state index is -2.05. The van der Waals surface area contributed by atoms with E-state index in [2.05, 4.69) is 20.4 Å². The number of nitrogens with zero attached hydrogens (tertiary/aromatic N) is 3. The number of hydrogen-bond acceptors (Lipinski definition) is 5. The van der Waals surface area contributed by atoms with E-state index in [1.54, 1.807) is 54.3 Å². The van der Waals surface area contributed by atoms with E-state index < -0.39 is 11.1 Å². The van der Waals surface area contributed by atoms with Crippen molar-refractivity contribution in [3.8, 4) is 0 Å². The number of benzene rings is 1. The molecule has 0 aliphatic heterocycles. The lowest BCUT2D eigenvalue weighted by Crippen LogP contribution is -2.07. The van der Waals surface area contributed by atoms with Crippen LogP contribution < -0.4 is 5.32 Å². The Labute approximate surface area is 162 Å².